The number of aromatic nitrogens is 2. The van der Waals surface area contributed by atoms with E-state index in [1.54, 1.807) is 23.9 Å². The number of hydrogen-bond acceptors (Lipinski definition) is 5. The van der Waals surface area contributed by atoms with Gasteiger partial charge >= 0.3 is 0 Å². The predicted octanol–water partition coefficient (Wildman–Crippen LogP) is 3.11. The Morgan fingerprint density at radius 2 is 1.90 bits per heavy atom. The molecule has 104 valence electrons. The molecule has 20 heavy (non-hydrogen) atoms. The zero-order valence-electron chi connectivity index (χ0n) is 10.4. The number of hydrazine groups is 1. The number of rotatable bonds is 3. The molecule has 0 unspecified atom stereocenters. The van der Waals surface area contributed by atoms with Crippen molar-refractivity contribution < 1.29 is 8.78 Å². The first-order chi connectivity index (χ1) is 9.69. The van der Waals surface area contributed by atoms with Gasteiger partial charge in [-0.15, -0.1) is 0 Å². The smallest absolute Gasteiger partial charge is 0.263 e. The van der Waals surface area contributed by atoms with Crippen molar-refractivity contribution in [1.29, 1.82) is 0 Å². The molecule has 0 saturated heterocycles. The lowest BCUT2D eigenvalue weighted by molar-refractivity contribution is 0.151. The fraction of sp³-hybridized carbons (Fsp3) is 0.231. The van der Waals surface area contributed by atoms with Gasteiger partial charge in [0.2, 0.25) is 0 Å². The van der Waals surface area contributed by atoms with Crippen molar-refractivity contribution in [3.8, 4) is 11.4 Å². The number of thioether (sulfide) groups is 1. The van der Waals surface area contributed by atoms with Crippen LogP contribution in [0.3, 0.4) is 0 Å². The molecule has 0 atom stereocenters. The average molecular weight is 294 g/mol. The normalized spacial score (nSPS) is 13.6. The fourth-order valence-electron chi connectivity index (χ4n) is 2.08. The van der Waals surface area contributed by atoms with Gasteiger partial charge in [-0.25, -0.2) is 24.6 Å². The molecule has 0 spiro atoms. The summed E-state index contributed by atoms with van der Waals surface area (Å²) in [5.74, 6) is 8.24. The standard InChI is InChI=1S/C13H12F2N4S/c14-11(15)7-1-3-8(4-2-7)12-17-10-6-20-5-9(10)13(18-12)19-16/h1-4,11H,5-6,16H2,(H,17,18,19). The van der Waals surface area contributed by atoms with Crippen LogP contribution in [0.15, 0.2) is 24.3 Å². The van der Waals surface area contributed by atoms with Crippen LogP contribution in [0.1, 0.15) is 23.2 Å². The molecular formula is C13H12F2N4S. The van der Waals surface area contributed by atoms with Gasteiger partial charge < -0.3 is 5.43 Å². The zero-order chi connectivity index (χ0) is 14.1. The molecule has 0 aliphatic carbocycles. The van der Waals surface area contributed by atoms with Gasteiger partial charge in [-0.3, -0.25) is 0 Å². The number of hydrogen-bond donors (Lipinski definition) is 2. The summed E-state index contributed by atoms with van der Waals surface area (Å²) in [5.41, 5.74) is 5.24. The number of nitrogens with zero attached hydrogens (tertiary/aromatic N) is 2. The molecule has 1 aliphatic heterocycles. The van der Waals surface area contributed by atoms with Gasteiger partial charge in [-0.05, 0) is 0 Å². The highest BCUT2D eigenvalue weighted by Gasteiger charge is 2.20. The highest BCUT2D eigenvalue weighted by Crippen LogP contribution is 2.34. The van der Waals surface area contributed by atoms with E-state index in [0.717, 1.165) is 22.8 Å². The minimum atomic E-state index is -2.47. The van der Waals surface area contributed by atoms with Gasteiger partial charge in [0.15, 0.2) is 5.82 Å². The van der Waals surface area contributed by atoms with E-state index in [4.69, 9.17) is 5.84 Å². The van der Waals surface area contributed by atoms with Crippen LogP contribution < -0.4 is 11.3 Å². The summed E-state index contributed by atoms with van der Waals surface area (Å²) in [4.78, 5) is 8.85. The molecule has 2 aromatic rings. The lowest BCUT2D eigenvalue weighted by Gasteiger charge is -2.09. The molecule has 1 aliphatic rings. The first kappa shape index (κ1) is 13.3. The summed E-state index contributed by atoms with van der Waals surface area (Å²) < 4.78 is 25.1. The number of nitrogen functional groups attached to an aromatic ring is 1. The molecule has 1 aromatic carbocycles. The van der Waals surface area contributed by atoms with Crippen LogP contribution in [0, 0.1) is 0 Å². The van der Waals surface area contributed by atoms with Crippen LogP contribution in [0.4, 0.5) is 14.6 Å². The second-order valence-electron chi connectivity index (χ2n) is 4.38. The van der Waals surface area contributed by atoms with E-state index in [1.807, 2.05) is 0 Å². The third-order valence-corrected chi connectivity index (χ3v) is 4.11. The van der Waals surface area contributed by atoms with Crippen LogP contribution in [0.5, 0.6) is 0 Å². The van der Waals surface area contributed by atoms with Gasteiger partial charge in [0, 0.05) is 28.2 Å². The predicted molar refractivity (Wildman–Crippen MR) is 75.2 cm³/mol. The van der Waals surface area contributed by atoms with E-state index in [-0.39, 0.29) is 5.56 Å². The zero-order valence-corrected chi connectivity index (χ0v) is 11.3. The average Bonchev–Trinajstić information content (AvgIpc) is 2.94. The van der Waals surface area contributed by atoms with E-state index in [1.165, 1.54) is 12.1 Å². The quantitative estimate of drug-likeness (QED) is 0.672. The summed E-state index contributed by atoms with van der Waals surface area (Å²) in [6.45, 7) is 0. The number of nitrogens with one attached hydrogen (secondary N) is 1. The topological polar surface area (TPSA) is 63.8 Å². The first-order valence-corrected chi connectivity index (χ1v) is 7.17. The number of halogens is 2. The van der Waals surface area contributed by atoms with E-state index < -0.39 is 6.43 Å². The Kier molecular flexibility index (Phi) is 3.54. The van der Waals surface area contributed by atoms with E-state index >= 15 is 0 Å². The largest absolute Gasteiger partial charge is 0.308 e. The van der Waals surface area contributed by atoms with Gasteiger partial charge in [0.05, 0.1) is 5.69 Å². The fourth-order valence-corrected chi connectivity index (χ4v) is 3.12. The molecule has 0 bridgehead atoms. The molecule has 0 amide bonds. The Balaban J connectivity index is 2.02. The summed E-state index contributed by atoms with van der Waals surface area (Å²) >= 11 is 1.75. The summed E-state index contributed by atoms with van der Waals surface area (Å²) in [5, 5.41) is 0. The van der Waals surface area contributed by atoms with Crippen LogP contribution in [-0.2, 0) is 11.5 Å². The third-order valence-electron chi connectivity index (χ3n) is 3.14. The third kappa shape index (κ3) is 2.34. The second-order valence-corrected chi connectivity index (χ2v) is 5.37. The van der Waals surface area contributed by atoms with E-state index in [2.05, 4.69) is 15.4 Å². The Bertz CT molecular complexity index is 631. The van der Waals surface area contributed by atoms with Gasteiger partial charge in [-0.2, -0.15) is 11.8 Å². The molecule has 1 aromatic heterocycles. The van der Waals surface area contributed by atoms with Crippen LogP contribution >= 0.6 is 11.8 Å². The lowest BCUT2D eigenvalue weighted by Crippen LogP contribution is -2.12. The van der Waals surface area contributed by atoms with E-state index in [9.17, 15) is 8.78 Å². The molecule has 0 saturated carbocycles. The minimum Gasteiger partial charge on any atom is -0.308 e. The Hall–Kier alpha value is -1.73. The number of fused-ring (bicyclic) bond motifs is 1. The highest BCUT2D eigenvalue weighted by atomic mass is 32.2. The summed E-state index contributed by atoms with van der Waals surface area (Å²) in [6, 6.07) is 5.99. The number of benzene rings is 1. The van der Waals surface area contributed by atoms with Crippen LogP contribution in [0.2, 0.25) is 0 Å². The van der Waals surface area contributed by atoms with Gasteiger partial charge in [0.25, 0.3) is 6.43 Å². The van der Waals surface area contributed by atoms with Crippen molar-refractivity contribution in [2.24, 2.45) is 5.84 Å². The van der Waals surface area contributed by atoms with Crippen LogP contribution in [-0.4, -0.2) is 9.97 Å². The monoisotopic (exact) mass is 294 g/mol. The number of nitrogens with two attached hydrogens (primary N) is 1. The van der Waals surface area contributed by atoms with Crippen molar-refractivity contribution in [1.82, 2.24) is 9.97 Å². The maximum absolute atomic E-state index is 12.5. The van der Waals surface area contributed by atoms with Gasteiger partial charge in [0.1, 0.15) is 5.82 Å². The molecule has 2 heterocycles. The maximum atomic E-state index is 12.5. The molecule has 4 nitrogen and oxygen atoms in total. The summed E-state index contributed by atoms with van der Waals surface area (Å²) in [6.07, 6.45) is -2.47. The minimum absolute atomic E-state index is 0.0114. The molecule has 0 fully saturated rings. The number of alkyl halides is 2. The van der Waals surface area contributed by atoms with Crippen molar-refractivity contribution in [2.45, 2.75) is 17.9 Å². The molecule has 3 N–H and O–H groups in total. The molecular weight excluding hydrogens is 282 g/mol. The van der Waals surface area contributed by atoms with E-state index in [0.29, 0.717) is 17.2 Å². The first-order valence-electron chi connectivity index (χ1n) is 6.01. The number of anilines is 1. The Morgan fingerprint density at radius 1 is 1.15 bits per heavy atom. The molecule has 3 rings (SSSR count). The second kappa shape index (κ2) is 5.34. The van der Waals surface area contributed by atoms with Gasteiger partial charge in [-0.1, -0.05) is 24.3 Å². The van der Waals surface area contributed by atoms with Crippen molar-refractivity contribution in [3.05, 3.63) is 41.1 Å². The molecule has 7 heteroatoms. The van der Waals surface area contributed by atoms with Crippen molar-refractivity contribution >= 4 is 17.6 Å². The highest BCUT2D eigenvalue weighted by molar-refractivity contribution is 7.98. The Morgan fingerprint density at radius 3 is 2.55 bits per heavy atom. The van der Waals surface area contributed by atoms with Crippen LogP contribution in [0.25, 0.3) is 11.4 Å². The van der Waals surface area contributed by atoms with Crippen molar-refractivity contribution in [2.75, 3.05) is 5.43 Å². The van der Waals surface area contributed by atoms with Crippen molar-refractivity contribution in [3.63, 3.8) is 0 Å². The maximum Gasteiger partial charge on any atom is 0.263 e. The molecule has 0 radical (unpaired) electrons. The Labute approximate surface area is 118 Å². The SMILES string of the molecule is NNc1nc(-c2ccc(C(F)F)cc2)nc2c1CSC2. The summed E-state index contributed by atoms with van der Waals surface area (Å²) in [7, 11) is 0. The lowest BCUT2D eigenvalue weighted by atomic mass is 10.1.